The number of aryl methyl sites for hydroxylation is 1. The molecule has 2 aromatic rings. The number of thiazole rings is 1. The van der Waals surface area contributed by atoms with Gasteiger partial charge in [0.2, 0.25) is 0 Å². The van der Waals surface area contributed by atoms with E-state index in [1.54, 1.807) is 19.1 Å². The molecule has 0 fully saturated rings. The van der Waals surface area contributed by atoms with E-state index in [9.17, 15) is 9.59 Å². The van der Waals surface area contributed by atoms with Crippen LogP contribution in [0.4, 0.5) is 5.69 Å². The maximum atomic E-state index is 11.8. The number of aromatic nitrogens is 1. The van der Waals surface area contributed by atoms with Crippen LogP contribution in [0.2, 0.25) is 0 Å². The van der Waals surface area contributed by atoms with Crippen molar-refractivity contribution in [2.75, 3.05) is 5.32 Å². The van der Waals surface area contributed by atoms with Gasteiger partial charge >= 0.3 is 4.87 Å². The first-order valence-corrected chi connectivity index (χ1v) is 5.54. The number of hydrogen-bond acceptors (Lipinski definition) is 3. The number of carbonyl (C=O) groups is 1. The highest BCUT2D eigenvalue weighted by Gasteiger charge is 2.12. The van der Waals surface area contributed by atoms with Crippen molar-refractivity contribution in [3.05, 3.63) is 50.6 Å². The summed E-state index contributed by atoms with van der Waals surface area (Å²) in [5.74, 6) is -0.257. The Morgan fingerprint density at radius 1 is 1.31 bits per heavy atom. The Labute approximate surface area is 96.0 Å². The van der Waals surface area contributed by atoms with Crippen molar-refractivity contribution in [1.29, 1.82) is 0 Å². The van der Waals surface area contributed by atoms with E-state index in [1.807, 2.05) is 18.2 Å². The molecule has 4 nitrogen and oxygen atoms in total. The topological polar surface area (TPSA) is 62.0 Å². The van der Waals surface area contributed by atoms with Crippen molar-refractivity contribution in [2.24, 2.45) is 0 Å². The summed E-state index contributed by atoms with van der Waals surface area (Å²) in [6, 6.07) is 9.13. The summed E-state index contributed by atoms with van der Waals surface area (Å²) in [5.41, 5.74) is 1.32. The monoisotopic (exact) mass is 234 g/mol. The van der Waals surface area contributed by atoms with Gasteiger partial charge in [0.25, 0.3) is 5.91 Å². The van der Waals surface area contributed by atoms with Gasteiger partial charge in [-0.15, -0.1) is 0 Å². The van der Waals surface area contributed by atoms with Crippen LogP contribution in [0.1, 0.15) is 15.4 Å². The van der Waals surface area contributed by atoms with Gasteiger partial charge in [-0.25, -0.2) is 0 Å². The second-order valence-corrected chi connectivity index (χ2v) is 4.27. The Balaban J connectivity index is 2.21. The first-order valence-electron chi connectivity index (χ1n) is 4.73. The lowest BCUT2D eigenvalue weighted by Gasteiger charge is -2.02. The van der Waals surface area contributed by atoms with Crippen molar-refractivity contribution < 1.29 is 4.79 Å². The van der Waals surface area contributed by atoms with Crippen molar-refractivity contribution in [1.82, 2.24) is 4.98 Å². The Kier molecular flexibility index (Phi) is 2.87. The van der Waals surface area contributed by atoms with E-state index < -0.39 is 0 Å². The summed E-state index contributed by atoms with van der Waals surface area (Å²) in [7, 11) is 0. The van der Waals surface area contributed by atoms with Crippen LogP contribution >= 0.6 is 11.3 Å². The zero-order chi connectivity index (χ0) is 11.5. The molecule has 1 heterocycles. The van der Waals surface area contributed by atoms with Crippen LogP contribution in [-0.4, -0.2) is 10.9 Å². The molecule has 0 saturated heterocycles. The van der Waals surface area contributed by atoms with Crippen molar-refractivity contribution in [3.8, 4) is 0 Å². The molecular formula is C11H10N2O2S. The number of rotatable bonds is 2. The Bertz CT molecular complexity index is 557. The number of carbonyl (C=O) groups excluding carboxylic acids is 1. The number of para-hydroxylation sites is 1. The van der Waals surface area contributed by atoms with Gasteiger partial charge in [0, 0.05) is 11.4 Å². The molecule has 0 radical (unpaired) electrons. The normalized spacial score (nSPS) is 10.1. The standard InChI is InChI=1S/C11H10N2O2S/c1-7-9(16-11(15)12-7)10(14)13-8-5-3-2-4-6-8/h2-6H,1H3,(H,12,15)(H,13,14). The summed E-state index contributed by atoms with van der Waals surface area (Å²) in [6.07, 6.45) is 0. The molecule has 0 unspecified atom stereocenters. The van der Waals surface area contributed by atoms with Gasteiger partial charge in [-0.2, -0.15) is 0 Å². The van der Waals surface area contributed by atoms with E-state index >= 15 is 0 Å². The minimum Gasteiger partial charge on any atom is -0.321 e. The molecule has 0 saturated carbocycles. The van der Waals surface area contributed by atoms with Crippen molar-refractivity contribution in [2.45, 2.75) is 6.92 Å². The van der Waals surface area contributed by atoms with Gasteiger partial charge in [0.05, 0.1) is 0 Å². The highest BCUT2D eigenvalue weighted by molar-refractivity contribution is 7.11. The minimum absolute atomic E-state index is 0.212. The number of benzene rings is 1. The fourth-order valence-electron chi connectivity index (χ4n) is 1.33. The SMILES string of the molecule is Cc1[nH]c(=O)sc1C(=O)Nc1ccccc1. The van der Waals surface area contributed by atoms with E-state index in [4.69, 9.17) is 0 Å². The number of amides is 1. The molecular weight excluding hydrogens is 224 g/mol. The number of anilines is 1. The van der Waals surface area contributed by atoms with E-state index in [0.29, 0.717) is 16.3 Å². The minimum atomic E-state index is -0.257. The number of nitrogens with one attached hydrogen (secondary N) is 2. The summed E-state index contributed by atoms with van der Waals surface area (Å²) >= 11 is 0.919. The van der Waals surface area contributed by atoms with E-state index in [0.717, 1.165) is 11.3 Å². The van der Waals surface area contributed by atoms with E-state index in [2.05, 4.69) is 10.3 Å². The Morgan fingerprint density at radius 3 is 2.56 bits per heavy atom. The molecule has 0 bridgehead atoms. The molecule has 0 aliphatic rings. The maximum absolute atomic E-state index is 11.8. The third-order valence-electron chi connectivity index (χ3n) is 2.06. The van der Waals surface area contributed by atoms with Gasteiger partial charge in [-0.3, -0.25) is 9.59 Å². The van der Waals surface area contributed by atoms with E-state index in [1.165, 1.54) is 0 Å². The highest BCUT2D eigenvalue weighted by atomic mass is 32.1. The second-order valence-electron chi connectivity index (χ2n) is 3.29. The molecule has 0 aliphatic carbocycles. The summed E-state index contributed by atoms with van der Waals surface area (Å²) in [6.45, 7) is 1.71. The van der Waals surface area contributed by atoms with Gasteiger partial charge in [-0.1, -0.05) is 29.5 Å². The van der Waals surface area contributed by atoms with E-state index in [-0.39, 0.29) is 10.8 Å². The van der Waals surface area contributed by atoms with Crippen LogP contribution in [-0.2, 0) is 0 Å². The second kappa shape index (κ2) is 4.32. The van der Waals surface area contributed by atoms with Crippen LogP contribution in [0.25, 0.3) is 0 Å². The maximum Gasteiger partial charge on any atom is 0.305 e. The van der Waals surface area contributed by atoms with Crippen LogP contribution in [0.3, 0.4) is 0 Å². The fraction of sp³-hybridized carbons (Fsp3) is 0.0909. The third kappa shape index (κ3) is 2.20. The Morgan fingerprint density at radius 2 is 2.00 bits per heavy atom. The largest absolute Gasteiger partial charge is 0.321 e. The predicted octanol–water partition coefficient (Wildman–Crippen LogP) is 2.00. The zero-order valence-corrected chi connectivity index (χ0v) is 9.43. The molecule has 1 amide bonds. The lowest BCUT2D eigenvalue weighted by Crippen LogP contribution is -2.11. The average Bonchev–Trinajstić information content (AvgIpc) is 2.59. The molecule has 5 heteroatoms. The number of aromatic amines is 1. The van der Waals surface area contributed by atoms with Crippen LogP contribution in [0, 0.1) is 6.92 Å². The first-order chi connectivity index (χ1) is 7.66. The predicted molar refractivity (Wildman–Crippen MR) is 64.1 cm³/mol. The molecule has 2 rings (SSSR count). The number of hydrogen-bond donors (Lipinski definition) is 2. The highest BCUT2D eigenvalue weighted by Crippen LogP contribution is 2.12. The lowest BCUT2D eigenvalue weighted by molar-refractivity contribution is 0.103. The van der Waals surface area contributed by atoms with Crippen molar-refractivity contribution >= 4 is 22.9 Å². The zero-order valence-electron chi connectivity index (χ0n) is 8.61. The van der Waals surface area contributed by atoms with Crippen LogP contribution < -0.4 is 10.2 Å². The lowest BCUT2D eigenvalue weighted by atomic mass is 10.3. The van der Waals surface area contributed by atoms with Gasteiger partial charge in [0.15, 0.2) is 0 Å². The molecule has 0 aliphatic heterocycles. The summed E-state index contributed by atoms with van der Waals surface area (Å²) < 4.78 is 0. The van der Waals surface area contributed by atoms with Gasteiger partial charge in [-0.05, 0) is 19.1 Å². The summed E-state index contributed by atoms with van der Waals surface area (Å²) in [4.78, 5) is 25.6. The molecule has 16 heavy (non-hydrogen) atoms. The van der Waals surface area contributed by atoms with Gasteiger partial charge < -0.3 is 10.3 Å². The van der Waals surface area contributed by atoms with Crippen LogP contribution in [0.5, 0.6) is 0 Å². The average molecular weight is 234 g/mol. The van der Waals surface area contributed by atoms with Crippen LogP contribution in [0.15, 0.2) is 35.1 Å². The first kappa shape index (κ1) is 10.6. The molecule has 0 atom stereocenters. The molecule has 1 aromatic heterocycles. The quantitative estimate of drug-likeness (QED) is 0.834. The smallest absolute Gasteiger partial charge is 0.305 e. The summed E-state index contributed by atoms with van der Waals surface area (Å²) in [5, 5.41) is 2.72. The Hall–Kier alpha value is -1.88. The third-order valence-corrected chi connectivity index (χ3v) is 3.05. The molecule has 2 N–H and O–H groups in total. The molecule has 82 valence electrons. The number of H-pyrrole nitrogens is 1. The molecule has 1 aromatic carbocycles. The van der Waals surface area contributed by atoms with Crippen molar-refractivity contribution in [3.63, 3.8) is 0 Å². The van der Waals surface area contributed by atoms with Gasteiger partial charge in [0.1, 0.15) is 4.88 Å². The fourth-order valence-corrected chi connectivity index (χ4v) is 2.07. The molecule has 0 spiro atoms.